The van der Waals surface area contributed by atoms with E-state index >= 15 is 0 Å². The van der Waals surface area contributed by atoms with Gasteiger partial charge in [-0.25, -0.2) is 4.98 Å². The van der Waals surface area contributed by atoms with Crippen LogP contribution >= 0.6 is 0 Å². The number of hydrogen-bond acceptors (Lipinski definition) is 7. The van der Waals surface area contributed by atoms with Gasteiger partial charge >= 0.3 is 12.3 Å². The van der Waals surface area contributed by atoms with Crippen molar-refractivity contribution in [2.75, 3.05) is 0 Å². The molecular formula is C22H14F3N5O4. The largest absolute Gasteiger partial charge is 0.573 e. The molecule has 0 spiro atoms. The molecule has 2 aromatic carbocycles. The number of carboxylic acid groups (broad SMARTS) is 1. The Morgan fingerprint density at radius 1 is 1.24 bits per heavy atom. The van der Waals surface area contributed by atoms with Gasteiger partial charge < -0.3 is 18.9 Å². The minimum Gasteiger partial charge on any atom is -0.481 e. The van der Waals surface area contributed by atoms with E-state index in [4.69, 9.17) is 14.9 Å². The van der Waals surface area contributed by atoms with E-state index in [1.807, 2.05) is 10.6 Å². The van der Waals surface area contributed by atoms with Crippen LogP contribution in [0.1, 0.15) is 30.1 Å². The van der Waals surface area contributed by atoms with E-state index in [1.54, 1.807) is 18.2 Å². The smallest absolute Gasteiger partial charge is 0.481 e. The van der Waals surface area contributed by atoms with Gasteiger partial charge in [-0.1, -0.05) is 5.16 Å². The molecule has 0 amide bonds. The Labute approximate surface area is 189 Å². The first kappa shape index (κ1) is 21.4. The van der Waals surface area contributed by atoms with Crippen LogP contribution in [0.3, 0.4) is 0 Å². The Morgan fingerprint density at radius 3 is 2.79 bits per heavy atom. The van der Waals surface area contributed by atoms with Crippen molar-refractivity contribution in [2.45, 2.75) is 31.7 Å². The normalized spacial score (nSPS) is 15.3. The summed E-state index contributed by atoms with van der Waals surface area (Å²) in [5.74, 6) is -0.818. The molecule has 1 unspecified atom stereocenters. The highest BCUT2D eigenvalue weighted by Crippen LogP contribution is 2.35. The second kappa shape index (κ2) is 7.87. The third kappa shape index (κ3) is 4.03. The SMILES string of the molecule is N#Cc1cc(OC(F)(F)F)cc(-c2nc(-c3ccc4c(c3)nc3n4CCC3CC(=O)O)no2)c1. The number of aromatic nitrogens is 4. The van der Waals surface area contributed by atoms with Crippen molar-refractivity contribution in [1.29, 1.82) is 5.26 Å². The predicted molar refractivity (Wildman–Crippen MR) is 109 cm³/mol. The standard InChI is InChI=1S/C22H14F3N5O4/c23-22(24,25)33-15-6-11(10-26)5-14(7-15)21-28-19(29-34-21)12-1-2-17-16(8-12)27-20-13(9-18(31)32)3-4-30(17)20/h1-2,5-8,13H,3-4,9H2,(H,31,32). The molecule has 34 heavy (non-hydrogen) atoms. The maximum Gasteiger partial charge on any atom is 0.573 e. The van der Waals surface area contributed by atoms with Crippen molar-refractivity contribution < 1.29 is 32.3 Å². The summed E-state index contributed by atoms with van der Waals surface area (Å²) in [5.41, 5.74) is 2.07. The van der Waals surface area contributed by atoms with Crippen LogP contribution in [0, 0.1) is 11.3 Å². The number of fused-ring (bicyclic) bond motifs is 3. The summed E-state index contributed by atoms with van der Waals surface area (Å²) in [6.07, 6.45) is -4.20. The van der Waals surface area contributed by atoms with Gasteiger partial charge in [0.1, 0.15) is 11.6 Å². The van der Waals surface area contributed by atoms with Crippen LogP contribution in [0.5, 0.6) is 5.75 Å². The van der Waals surface area contributed by atoms with Crippen molar-refractivity contribution in [2.24, 2.45) is 0 Å². The molecule has 0 fully saturated rings. The fourth-order valence-corrected chi connectivity index (χ4v) is 4.09. The molecule has 1 aliphatic heterocycles. The number of carboxylic acids is 1. The number of carbonyl (C=O) groups is 1. The maximum atomic E-state index is 12.6. The average molecular weight is 469 g/mol. The first-order chi connectivity index (χ1) is 16.2. The van der Waals surface area contributed by atoms with Gasteiger partial charge in [0.25, 0.3) is 5.89 Å². The van der Waals surface area contributed by atoms with Crippen LogP contribution in [-0.4, -0.2) is 37.1 Å². The lowest BCUT2D eigenvalue weighted by Crippen LogP contribution is -2.17. The molecule has 4 aromatic rings. The topological polar surface area (TPSA) is 127 Å². The minimum atomic E-state index is -4.92. The molecule has 0 aliphatic carbocycles. The zero-order chi connectivity index (χ0) is 24.0. The van der Waals surface area contributed by atoms with Gasteiger partial charge in [-0.15, -0.1) is 13.2 Å². The molecule has 12 heteroatoms. The molecule has 1 aliphatic rings. The van der Waals surface area contributed by atoms with E-state index in [2.05, 4.69) is 19.9 Å². The van der Waals surface area contributed by atoms with Gasteiger partial charge in [-0.3, -0.25) is 4.79 Å². The molecule has 1 atom stereocenters. The predicted octanol–water partition coefficient (Wildman–Crippen LogP) is 4.49. The van der Waals surface area contributed by atoms with Gasteiger partial charge in [0.2, 0.25) is 5.82 Å². The summed E-state index contributed by atoms with van der Waals surface area (Å²) >= 11 is 0. The highest BCUT2D eigenvalue weighted by Gasteiger charge is 2.32. The number of imidazole rings is 1. The van der Waals surface area contributed by atoms with Crippen LogP contribution in [0.25, 0.3) is 33.9 Å². The van der Waals surface area contributed by atoms with Crippen LogP contribution in [0.4, 0.5) is 13.2 Å². The van der Waals surface area contributed by atoms with Crippen LogP contribution < -0.4 is 4.74 Å². The van der Waals surface area contributed by atoms with E-state index in [0.717, 1.165) is 17.6 Å². The molecule has 0 saturated carbocycles. The van der Waals surface area contributed by atoms with E-state index in [9.17, 15) is 18.0 Å². The third-order valence-electron chi connectivity index (χ3n) is 5.47. The zero-order valence-corrected chi connectivity index (χ0v) is 17.2. The second-order valence-electron chi connectivity index (χ2n) is 7.74. The number of aliphatic carboxylic acids is 1. The van der Waals surface area contributed by atoms with Crippen LogP contribution in [0.2, 0.25) is 0 Å². The number of nitriles is 1. The molecule has 0 radical (unpaired) electrons. The fraction of sp³-hybridized carbons (Fsp3) is 0.227. The number of alkyl halides is 3. The summed E-state index contributed by atoms with van der Waals surface area (Å²) in [5, 5.41) is 22.2. The van der Waals surface area contributed by atoms with Gasteiger partial charge in [0.15, 0.2) is 0 Å². The van der Waals surface area contributed by atoms with Gasteiger partial charge in [0, 0.05) is 23.6 Å². The Morgan fingerprint density at radius 2 is 2.06 bits per heavy atom. The van der Waals surface area contributed by atoms with Crippen molar-refractivity contribution in [1.82, 2.24) is 19.7 Å². The summed E-state index contributed by atoms with van der Waals surface area (Å²) in [4.78, 5) is 20.0. The number of hydrogen-bond donors (Lipinski definition) is 1. The number of halogens is 3. The number of rotatable bonds is 5. The molecule has 3 heterocycles. The van der Waals surface area contributed by atoms with E-state index in [0.29, 0.717) is 29.9 Å². The Kier molecular flexibility index (Phi) is 4.97. The van der Waals surface area contributed by atoms with Gasteiger partial charge in [-0.2, -0.15) is 10.2 Å². The van der Waals surface area contributed by atoms with Gasteiger partial charge in [-0.05, 0) is 42.8 Å². The number of nitrogens with zero attached hydrogens (tertiary/aromatic N) is 5. The van der Waals surface area contributed by atoms with E-state index < -0.39 is 18.1 Å². The van der Waals surface area contributed by atoms with E-state index in [-0.39, 0.29) is 35.2 Å². The van der Waals surface area contributed by atoms with Crippen molar-refractivity contribution in [3.8, 4) is 34.7 Å². The lowest BCUT2D eigenvalue weighted by Gasteiger charge is -2.09. The molecule has 172 valence electrons. The van der Waals surface area contributed by atoms with Gasteiger partial charge in [0.05, 0.1) is 29.1 Å². The first-order valence-electron chi connectivity index (χ1n) is 10.1. The molecule has 0 bridgehead atoms. The summed E-state index contributed by atoms with van der Waals surface area (Å²) in [6.45, 7) is 0.674. The zero-order valence-electron chi connectivity index (χ0n) is 17.2. The first-order valence-corrected chi connectivity index (χ1v) is 10.1. The fourth-order valence-electron chi connectivity index (χ4n) is 4.09. The van der Waals surface area contributed by atoms with Crippen LogP contribution in [0.15, 0.2) is 40.9 Å². The monoisotopic (exact) mass is 469 g/mol. The lowest BCUT2D eigenvalue weighted by molar-refractivity contribution is -0.274. The van der Waals surface area contributed by atoms with E-state index in [1.165, 1.54) is 6.07 Å². The molecule has 0 saturated heterocycles. The highest BCUT2D eigenvalue weighted by atomic mass is 19.4. The number of aryl methyl sites for hydroxylation is 1. The molecule has 5 rings (SSSR count). The van der Waals surface area contributed by atoms with Crippen molar-refractivity contribution >= 4 is 17.0 Å². The van der Waals surface area contributed by atoms with Crippen molar-refractivity contribution in [3.63, 3.8) is 0 Å². The Balaban J connectivity index is 1.47. The molecule has 2 aromatic heterocycles. The quantitative estimate of drug-likeness (QED) is 0.453. The molecule has 1 N–H and O–H groups in total. The number of benzene rings is 2. The maximum absolute atomic E-state index is 12.6. The Hall–Kier alpha value is -4.40. The summed E-state index contributed by atoms with van der Waals surface area (Å²) in [7, 11) is 0. The lowest BCUT2D eigenvalue weighted by atomic mass is 10.0. The van der Waals surface area contributed by atoms with Crippen LogP contribution in [-0.2, 0) is 11.3 Å². The third-order valence-corrected chi connectivity index (χ3v) is 5.47. The summed E-state index contributed by atoms with van der Waals surface area (Å²) in [6, 6.07) is 10.4. The molecule has 9 nitrogen and oxygen atoms in total. The number of ether oxygens (including phenoxy) is 1. The summed E-state index contributed by atoms with van der Waals surface area (Å²) < 4.78 is 49.0. The molecular weight excluding hydrogens is 455 g/mol. The Bertz CT molecular complexity index is 1470. The average Bonchev–Trinajstić information content (AvgIpc) is 3.48. The minimum absolute atomic E-state index is 0.00613. The highest BCUT2D eigenvalue weighted by molar-refractivity contribution is 5.82. The second-order valence-corrected chi connectivity index (χ2v) is 7.74. The van der Waals surface area contributed by atoms with Crippen molar-refractivity contribution in [3.05, 3.63) is 47.8 Å².